The second-order valence-corrected chi connectivity index (χ2v) is 20.7. The van der Waals surface area contributed by atoms with Crippen LogP contribution in [0.5, 0.6) is 5.75 Å². The van der Waals surface area contributed by atoms with Gasteiger partial charge in [0.25, 0.3) is 0 Å². The summed E-state index contributed by atoms with van der Waals surface area (Å²) >= 11 is 15.2. The van der Waals surface area contributed by atoms with E-state index in [9.17, 15) is 14.4 Å². The number of hydrogen-bond acceptors (Lipinski definition) is 15. The molecule has 16 nitrogen and oxygen atoms in total. The number of nitrogens with two attached hydrogens (primary N) is 3. The Bertz CT molecular complexity index is 3300. The molecule has 3 aromatic heterocycles. The fourth-order valence-electron chi connectivity index (χ4n) is 8.18. The lowest BCUT2D eigenvalue weighted by Crippen LogP contribution is -2.47. The number of carbonyl (C=O) groups excluding carboxylic acids is 3. The van der Waals surface area contributed by atoms with Crippen molar-refractivity contribution in [3.63, 3.8) is 0 Å². The van der Waals surface area contributed by atoms with Gasteiger partial charge >= 0.3 is 0 Å². The summed E-state index contributed by atoms with van der Waals surface area (Å²) in [7, 11) is 6.58. The van der Waals surface area contributed by atoms with Gasteiger partial charge in [-0.2, -0.15) is 0 Å². The Balaban J connectivity index is 0.000000143. The van der Waals surface area contributed by atoms with E-state index in [4.69, 9.17) is 49.8 Å². The molecule has 3 aliphatic rings. The van der Waals surface area contributed by atoms with E-state index in [0.717, 1.165) is 53.8 Å². The Morgan fingerprint density at radius 1 is 0.577 bits per heavy atom. The van der Waals surface area contributed by atoms with E-state index in [2.05, 4.69) is 31.4 Å². The number of fused-ring (bicyclic) bond motifs is 1. The quantitative estimate of drug-likeness (QED) is 0.137. The minimum atomic E-state index is -0.677. The summed E-state index contributed by atoms with van der Waals surface area (Å²) in [4.78, 5) is 57.3. The molecule has 10 rings (SSSR count). The smallest absolute Gasteiger partial charge is 0.231 e. The molecular formula is C51H51Cl2N11O5S2. The highest BCUT2D eigenvalue weighted by atomic mass is 35.5. The number of halogens is 2. The van der Waals surface area contributed by atoms with Crippen LogP contribution in [0.15, 0.2) is 128 Å². The number of rotatable bonds is 7. The van der Waals surface area contributed by atoms with Crippen molar-refractivity contribution in [3.05, 3.63) is 134 Å². The van der Waals surface area contributed by atoms with Crippen molar-refractivity contribution in [3.8, 4) is 38.4 Å². The zero-order chi connectivity index (χ0) is 51.0. The lowest BCUT2D eigenvalue weighted by molar-refractivity contribution is -0.129. The molecule has 0 aliphatic carbocycles. The molecule has 0 bridgehead atoms. The predicted molar refractivity (Wildman–Crippen MR) is 282 cm³/mol. The third kappa shape index (κ3) is 10.5. The summed E-state index contributed by atoms with van der Waals surface area (Å²) in [6, 6.07) is 33.2. The van der Waals surface area contributed by atoms with E-state index in [1.807, 2.05) is 117 Å². The lowest BCUT2D eigenvalue weighted by atomic mass is 9.86. The molecule has 0 spiro atoms. The van der Waals surface area contributed by atoms with E-state index < -0.39 is 16.6 Å². The first kappa shape index (κ1) is 50.3. The van der Waals surface area contributed by atoms with Gasteiger partial charge in [-0.05, 0) is 131 Å². The van der Waals surface area contributed by atoms with Gasteiger partial charge in [-0.1, -0.05) is 65.7 Å². The van der Waals surface area contributed by atoms with Gasteiger partial charge in [0, 0.05) is 35.8 Å². The number of benzene rings is 4. The Hall–Kier alpha value is -7.12. The van der Waals surface area contributed by atoms with Crippen LogP contribution in [0.2, 0.25) is 10.0 Å². The fourth-order valence-corrected chi connectivity index (χ4v) is 10.6. The number of aromatic nitrogens is 2. The van der Waals surface area contributed by atoms with E-state index in [1.54, 1.807) is 57.0 Å². The Morgan fingerprint density at radius 3 is 1.76 bits per heavy atom. The molecule has 6 heterocycles. The Kier molecular flexibility index (Phi) is 14.1. The number of methoxy groups -OCH3 is 1. The summed E-state index contributed by atoms with van der Waals surface area (Å²) < 4.78 is 10.0. The highest BCUT2D eigenvalue weighted by molar-refractivity contribution is 7.15. The summed E-state index contributed by atoms with van der Waals surface area (Å²) in [5.41, 5.74) is 23.2. The molecule has 0 radical (unpaired) electrons. The number of hydrogen-bond donors (Lipinski definition) is 3. The van der Waals surface area contributed by atoms with Crippen LogP contribution in [0.1, 0.15) is 55.4 Å². The van der Waals surface area contributed by atoms with E-state index in [1.165, 1.54) is 14.7 Å². The standard InChI is InChI=1S/C18H17N5O2.C17H19N3O2S.C16H15Cl2N3OS/c1-18(10-16(24)23(2)17(19)20-18)13-5-3-4-11(8-13)12-6-7-14-15(9-12)22-25-21-14;1-17(10-15(21)20(2)16(18)19-17)14-8-7-13(23-14)11-5-4-6-12(9-11)22-3;1-16(7-14(22)21(2)15(19)20-16)13-6-10(8-23-13)9-3-4-11(17)12(18)5-9/h3-9H,10H2,1-2H3,(H2,19,20);4-9H,10H2,1-3H3,(H2,18,19);3-6,8H,7H2,1-2H3,(H2,19,20)/t18-;17-;16-/m000/s1. The van der Waals surface area contributed by atoms with E-state index in [0.29, 0.717) is 33.9 Å². The van der Waals surface area contributed by atoms with Crippen LogP contribution in [0, 0.1) is 0 Å². The number of carbonyl (C=O) groups is 3. The number of ether oxygens (including phenoxy) is 1. The SMILES string of the molecule is CN1C(=O)C[C@@](C)(c2cc(-c3ccc(Cl)c(Cl)c3)cs2)N=C1N.CN1C(=O)C[C@@](C)(c2cccc(-c3ccc4nonc4c3)c2)N=C1N.COc1cccc(-c2ccc([C@]3(C)CC(=O)N(C)C(N)=N3)s2)c1. The molecule has 20 heteroatoms. The van der Waals surface area contributed by atoms with E-state index >= 15 is 0 Å². The first-order chi connectivity index (χ1) is 33.7. The van der Waals surface area contributed by atoms with Gasteiger partial charge in [0.15, 0.2) is 17.9 Å². The van der Waals surface area contributed by atoms with Gasteiger partial charge in [0.1, 0.15) is 27.9 Å². The maximum absolute atomic E-state index is 12.2. The minimum absolute atomic E-state index is 0.0173. The van der Waals surface area contributed by atoms with Gasteiger partial charge in [0.05, 0.1) is 42.0 Å². The summed E-state index contributed by atoms with van der Waals surface area (Å²) in [6.45, 7) is 5.80. The molecule has 0 saturated heterocycles. The van der Waals surface area contributed by atoms with Crippen LogP contribution >= 0.6 is 45.9 Å². The van der Waals surface area contributed by atoms with Crippen molar-refractivity contribution in [2.75, 3.05) is 28.3 Å². The minimum Gasteiger partial charge on any atom is -0.497 e. The van der Waals surface area contributed by atoms with Crippen molar-refractivity contribution >= 4 is 92.5 Å². The maximum atomic E-state index is 12.2. The largest absolute Gasteiger partial charge is 0.497 e. The Labute approximate surface area is 428 Å². The molecule has 6 N–H and O–H groups in total. The Morgan fingerprint density at radius 2 is 1.13 bits per heavy atom. The highest BCUT2D eigenvalue weighted by Gasteiger charge is 2.39. The first-order valence-electron chi connectivity index (χ1n) is 22.2. The normalized spacial score (nSPS) is 21.2. The zero-order valence-electron chi connectivity index (χ0n) is 39.9. The molecule has 3 atom stereocenters. The zero-order valence-corrected chi connectivity index (χ0v) is 43.1. The highest BCUT2D eigenvalue weighted by Crippen LogP contribution is 2.42. The van der Waals surface area contributed by atoms with Crippen molar-refractivity contribution in [2.45, 2.75) is 56.7 Å². The second-order valence-electron chi connectivity index (χ2n) is 17.9. The molecule has 0 fully saturated rings. The van der Waals surface area contributed by atoms with Crippen LogP contribution in [0.25, 0.3) is 43.7 Å². The molecule has 4 aromatic carbocycles. The molecule has 366 valence electrons. The topological polar surface area (TPSA) is 224 Å². The third-order valence-corrected chi connectivity index (χ3v) is 16.0. The van der Waals surface area contributed by atoms with Crippen LogP contribution in [-0.2, 0) is 31.0 Å². The molecular weight excluding hydrogens is 982 g/mol. The average molecular weight is 1030 g/mol. The van der Waals surface area contributed by atoms with Gasteiger partial charge < -0.3 is 21.9 Å². The third-order valence-electron chi connectivity index (χ3n) is 12.7. The van der Waals surface area contributed by atoms with Gasteiger partial charge in [0.2, 0.25) is 17.7 Å². The molecule has 0 saturated carbocycles. The van der Waals surface area contributed by atoms with Crippen LogP contribution < -0.4 is 21.9 Å². The average Bonchev–Trinajstić information content (AvgIpc) is 4.16. The fraction of sp³-hybridized carbons (Fsp3) is 0.255. The number of nitrogens with zero attached hydrogens (tertiary/aromatic N) is 8. The molecule has 71 heavy (non-hydrogen) atoms. The van der Waals surface area contributed by atoms with Crippen molar-refractivity contribution in [1.29, 1.82) is 0 Å². The molecule has 7 aromatic rings. The van der Waals surface area contributed by atoms with Crippen LogP contribution in [0.3, 0.4) is 0 Å². The van der Waals surface area contributed by atoms with Crippen molar-refractivity contribution < 1.29 is 23.7 Å². The maximum Gasteiger partial charge on any atom is 0.231 e. The van der Waals surface area contributed by atoms with Crippen molar-refractivity contribution in [1.82, 2.24) is 25.0 Å². The monoisotopic (exact) mass is 1030 g/mol. The van der Waals surface area contributed by atoms with E-state index in [-0.39, 0.29) is 42.0 Å². The molecule has 3 aliphatic heterocycles. The first-order valence-corrected chi connectivity index (χ1v) is 24.6. The predicted octanol–water partition coefficient (Wildman–Crippen LogP) is 9.21. The van der Waals surface area contributed by atoms with Gasteiger partial charge in [-0.15, -0.1) is 22.7 Å². The van der Waals surface area contributed by atoms with Crippen LogP contribution in [0.4, 0.5) is 0 Å². The number of guanidine groups is 3. The molecule has 3 amide bonds. The number of amides is 3. The summed E-state index contributed by atoms with van der Waals surface area (Å²) in [5.74, 6) is 1.46. The van der Waals surface area contributed by atoms with Crippen molar-refractivity contribution in [2.24, 2.45) is 32.2 Å². The molecule has 0 unspecified atom stereocenters. The second kappa shape index (κ2) is 19.9. The van der Waals surface area contributed by atoms with Gasteiger partial charge in [-0.3, -0.25) is 29.1 Å². The van der Waals surface area contributed by atoms with Crippen LogP contribution in [-0.4, -0.2) is 88.9 Å². The summed E-state index contributed by atoms with van der Waals surface area (Å²) in [5, 5.41) is 10.8. The van der Waals surface area contributed by atoms with Gasteiger partial charge in [-0.25, -0.2) is 19.6 Å². The number of thiophene rings is 2. The number of aliphatic imine (C=N–C) groups is 3. The summed E-state index contributed by atoms with van der Waals surface area (Å²) in [6.07, 6.45) is 0.897. The lowest BCUT2D eigenvalue weighted by Gasteiger charge is -2.33.